The molecule has 0 radical (unpaired) electrons. The van der Waals surface area contributed by atoms with E-state index in [4.69, 9.17) is 9.79 Å². The minimum Gasteiger partial charge on any atom is -0.347 e. The Bertz CT molecular complexity index is 213. The van der Waals surface area contributed by atoms with E-state index in [-0.39, 0.29) is 5.30 Å². The molecule has 2 N–H and O–H groups in total. The Kier molecular flexibility index (Phi) is 2.27. The summed E-state index contributed by atoms with van der Waals surface area (Å²) in [6.45, 7) is 0. The Hall–Kier alpha value is -0.570. The molecule has 10 heavy (non-hydrogen) atoms. The maximum Gasteiger partial charge on any atom is 0.212 e. The second kappa shape index (κ2) is 3.01. The molecule has 1 rings (SSSR count). The molecule has 1 heterocycles. The van der Waals surface area contributed by atoms with Gasteiger partial charge in [0.05, 0.1) is 0 Å². The van der Waals surface area contributed by atoms with Crippen LogP contribution in [0.3, 0.4) is 0 Å². The first-order valence-corrected chi connectivity index (χ1v) is 3.74. The van der Waals surface area contributed by atoms with Crippen molar-refractivity contribution in [2.24, 2.45) is 0 Å². The van der Waals surface area contributed by atoms with Crippen molar-refractivity contribution in [3.8, 4) is 0 Å². The fourth-order valence-corrected chi connectivity index (χ4v) is 0.855. The van der Waals surface area contributed by atoms with E-state index in [0.29, 0.717) is 0 Å². The largest absolute Gasteiger partial charge is 0.347 e. The fourth-order valence-electron chi connectivity index (χ4n) is 0.486. The molecule has 0 amide bonds. The van der Waals surface area contributed by atoms with E-state index in [9.17, 15) is 4.39 Å². The van der Waals surface area contributed by atoms with Gasteiger partial charge in [0, 0.05) is 11.5 Å². The van der Waals surface area contributed by atoms with Gasteiger partial charge in [-0.15, -0.1) is 0 Å². The van der Waals surface area contributed by atoms with Crippen LogP contribution in [-0.2, 0) is 0 Å². The topological polar surface area (TPSA) is 53.4 Å². The minimum absolute atomic E-state index is 0.247. The third-order valence-electron chi connectivity index (χ3n) is 0.943. The average molecular weight is 161 g/mol. The lowest BCUT2D eigenvalue weighted by atomic mass is 10.5. The summed E-state index contributed by atoms with van der Waals surface area (Å²) in [5.74, 6) is -0.624. The minimum atomic E-state index is -2.14. The summed E-state index contributed by atoms with van der Waals surface area (Å²) in [6, 6.07) is 2.37. The second-order valence-corrected chi connectivity index (χ2v) is 2.72. The number of hydrogen-bond donors (Lipinski definition) is 2. The van der Waals surface area contributed by atoms with Crippen molar-refractivity contribution in [2.75, 3.05) is 0 Å². The first kappa shape index (κ1) is 7.54. The summed E-state index contributed by atoms with van der Waals surface area (Å²) in [7, 11) is -2.14. The first-order chi connectivity index (χ1) is 4.70. The number of nitrogens with zero attached hydrogens (tertiary/aromatic N) is 1. The lowest BCUT2D eigenvalue weighted by Gasteiger charge is -1.98. The Morgan fingerprint density at radius 1 is 1.40 bits per heavy atom. The van der Waals surface area contributed by atoms with E-state index in [1.807, 2.05) is 0 Å². The van der Waals surface area contributed by atoms with Crippen molar-refractivity contribution < 1.29 is 14.2 Å². The van der Waals surface area contributed by atoms with E-state index in [2.05, 4.69) is 4.98 Å². The monoisotopic (exact) mass is 161 g/mol. The SMILES string of the molecule is OP(O)c1ccc(F)nc1. The van der Waals surface area contributed by atoms with Crippen molar-refractivity contribution in [1.82, 2.24) is 4.98 Å². The second-order valence-electron chi connectivity index (χ2n) is 1.63. The molecule has 0 fully saturated rings. The Balaban J connectivity index is 2.89. The molecule has 0 unspecified atom stereocenters. The highest BCUT2D eigenvalue weighted by molar-refractivity contribution is 7.53. The number of aromatic nitrogens is 1. The molecule has 3 nitrogen and oxygen atoms in total. The maximum absolute atomic E-state index is 12.1. The van der Waals surface area contributed by atoms with E-state index in [0.717, 1.165) is 12.3 Å². The highest BCUT2D eigenvalue weighted by Gasteiger charge is 2.02. The van der Waals surface area contributed by atoms with Gasteiger partial charge in [-0.3, -0.25) is 0 Å². The Morgan fingerprint density at radius 3 is 2.50 bits per heavy atom. The van der Waals surface area contributed by atoms with Crippen LogP contribution < -0.4 is 5.30 Å². The van der Waals surface area contributed by atoms with Crippen molar-refractivity contribution in [2.45, 2.75) is 0 Å². The number of pyridine rings is 1. The van der Waals surface area contributed by atoms with Crippen LogP contribution in [0.4, 0.5) is 4.39 Å². The molecule has 0 bridgehead atoms. The zero-order chi connectivity index (χ0) is 7.56. The summed E-state index contributed by atoms with van der Waals surface area (Å²) in [5.41, 5.74) is 0. The average Bonchev–Trinajstić information content (AvgIpc) is 1.88. The lowest BCUT2D eigenvalue weighted by molar-refractivity contribution is 0.496. The van der Waals surface area contributed by atoms with Gasteiger partial charge in [-0.2, -0.15) is 4.39 Å². The summed E-state index contributed by atoms with van der Waals surface area (Å²) in [5, 5.41) is 0.247. The van der Waals surface area contributed by atoms with Crippen LogP contribution in [0.15, 0.2) is 18.3 Å². The molecule has 0 aliphatic heterocycles. The van der Waals surface area contributed by atoms with Crippen molar-refractivity contribution >= 4 is 13.7 Å². The van der Waals surface area contributed by atoms with Crippen LogP contribution >= 0.6 is 8.38 Å². The van der Waals surface area contributed by atoms with Gasteiger partial charge in [-0.25, -0.2) is 4.98 Å². The molecular weight excluding hydrogens is 156 g/mol. The summed E-state index contributed by atoms with van der Waals surface area (Å²) in [4.78, 5) is 20.4. The number of rotatable bonds is 1. The molecule has 0 saturated heterocycles. The van der Waals surface area contributed by atoms with Gasteiger partial charge < -0.3 is 9.79 Å². The van der Waals surface area contributed by atoms with Gasteiger partial charge in [0.2, 0.25) is 14.3 Å². The van der Waals surface area contributed by atoms with Gasteiger partial charge in [0.25, 0.3) is 0 Å². The Morgan fingerprint density at radius 2 is 2.10 bits per heavy atom. The van der Waals surface area contributed by atoms with Crippen LogP contribution in [0.25, 0.3) is 0 Å². The quantitative estimate of drug-likeness (QED) is 0.455. The van der Waals surface area contributed by atoms with E-state index in [1.54, 1.807) is 0 Å². The molecule has 0 aromatic carbocycles. The van der Waals surface area contributed by atoms with Crippen LogP contribution in [0, 0.1) is 5.95 Å². The smallest absolute Gasteiger partial charge is 0.212 e. The highest BCUT2D eigenvalue weighted by atomic mass is 31.2. The van der Waals surface area contributed by atoms with E-state index < -0.39 is 14.3 Å². The summed E-state index contributed by atoms with van der Waals surface area (Å²) < 4.78 is 12.1. The third kappa shape index (κ3) is 1.70. The zero-order valence-corrected chi connectivity index (χ0v) is 5.79. The maximum atomic E-state index is 12.1. The number of halogens is 1. The van der Waals surface area contributed by atoms with Crippen LogP contribution in [0.1, 0.15) is 0 Å². The molecule has 0 atom stereocenters. The molecule has 0 spiro atoms. The predicted octanol–water partition coefficient (Wildman–Crippen LogP) is 0.142. The van der Waals surface area contributed by atoms with E-state index in [1.165, 1.54) is 6.07 Å². The Labute approximate surface area is 58.1 Å². The molecule has 1 aromatic rings. The van der Waals surface area contributed by atoms with Crippen LogP contribution in [0.5, 0.6) is 0 Å². The van der Waals surface area contributed by atoms with Gasteiger partial charge in [0.1, 0.15) is 0 Å². The molecule has 54 valence electrons. The molecule has 5 heteroatoms. The van der Waals surface area contributed by atoms with Gasteiger partial charge in [-0.05, 0) is 12.1 Å². The molecule has 1 aromatic heterocycles. The molecule has 0 aliphatic carbocycles. The van der Waals surface area contributed by atoms with Crippen molar-refractivity contribution in [3.05, 3.63) is 24.3 Å². The zero-order valence-electron chi connectivity index (χ0n) is 4.90. The molecule has 0 aliphatic rings. The first-order valence-electron chi connectivity index (χ1n) is 2.49. The van der Waals surface area contributed by atoms with Gasteiger partial charge in [-0.1, -0.05) is 0 Å². The third-order valence-corrected chi connectivity index (χ3v) is 1.67. The summed E-state index contributed by atoms with van der Waals surface area (Å²) in [6.07, 6.45) is 1.10. The summed E-state index contributed by atoms with van der Waals surface area (Å²) >= 11 is 0. The van der Waals surface area contributed by atoms with Crippen molar-refractivity contribution in [3.63, 3.8) is 0 Å². The standard InChI is InChI=1S/C5H5FNO2P/c6-5-2-1-4(3-7-5)10(8)9/h1-3,8-9H. The molecule has 0 saturated carbocycles. The van der Waals surface area contributed by atoms with Gasteiger partial charge >= 0.3 is 0 Å². The van der Waals surface area contributed by atoms with Crippen LogP contribution in [0.2, 0.25) is 0 Å². The molecular formula is C5H5FNO2P. The van der Waals surface area contributed by atoms with Crippen LogP contribution in [-0.4, -0.2) is 14.8 Å². The normalized spacial score (nSPS) is 10.4. The van der Waals surface area contributed by atoms with E-state index >= 15 is 0 Å². The predicted molar refractivity (Wildman–Crippen MR) is 35.2 cm³/mol. The highest BCUT2D eigenvalue weighted by Crippen LogP contribution is 2.20. The van der Waals surface area contributed by atoms with Crippen molar-refractivity contribution in [1.29, 1.82) is 0 Å². The lowest BCUT2D eigenvalue weighted by Crippen LogP contribution is -2.00. The fraction of sp³-hybridized carbons (Fsp3) is 0. The number of hydrogen-bond acceptors (Lipinski definition) is 3. The van der Waals surface area contributed by atoms with Gasteiger partial charge in [0.15, 0.2) is 0 Å².